The average molecular weight is 343 g/mol. The number of nitrogens with one attached hydrogen (secondary N) is 1. The third-order valence-electron chi connectivity index (χ3n) is 4.71. The third kappa shape index (κ3) is 3.31. The number of halogens is 1. The van der Waals surface area contributed by atoms with Crippen LogP contribution in [0.4, 0.5) is 9.18 Å². The monoisotopic (exact) mass is 343 g/mol. The Hall–Kier alpha value is -2.56. The summed E-state index contributed by atoms with van der Waals surface area (Å²) in [6, 6.07) is 10.2. The molecule has 25 heavy (non-hydrogen) atoms. The zero-order valence-electron chi connectivity index (χ0n) is 14.6. The van der Waals surface area contributed by atoms with Crippen LogP contribution in [0.15, 0.2) is 36.4 Å². The molecule has 1 amide bonds. The van der Waals surface area contributed by atoms with E-state index in [2.05, 4.69) is 5.32 Å². The summed E-state index contributed by atoms with van der Waals surface area (Å²) in [5.41, 5.74) is 2.70. The number of carboxylic acid groups (broad SMARTS) is 1. The van der Waals surface area contributed by atoms with Gasteiger partial charge in [-0.3, -0.25) is 0 Å². The fourth-order valence-electron chi connectivity index (χ4n) is 3.58. The van der Waals surface area contributed by atoms with E-state index >= 15 is 0 Å². The number of fused-ring (bicyclic) bond motifs is 1. The minimum absolute atomic E-state index is 0.301. The second-order valence-corrected chi connectivity index (χ2v) is 7.04. The third-order valence-corrected chi connectivity index (χ3v) is 4.71. The van der Waals surface area contributed by atoms with Crippen molar-refractivity contribution in [1.82, 2.24) is 5.32 Å². The maximum Gasteiger partial charge on any atom is 0.405 e. The van der Waals surface area contributed by atoms with E-state index in [1.54, 1.807) is 0 Å². The van der Waals surface area contributed by atoms with E-state index in [0.29, 0.717) is 18.6 Å². The molecule has 132 valence electrons. The van der Waals surface area contributed by atoms with Crippen LogP contribution in [0.2, 0.25) is 0 Å². The Morgan fingerprint density at radius 1 is 1.32 bits per heavy atom. The molecule has 3 rings (SSSR count). The van der Waals surface area contributed by atoms with Crippen LogP contribution in [0.25, 0.3) is 11.1 Å². The molecule has 1 atom stereocenters. The number of carbonyl (C=O) groups is 1. The van der Waals surface area contributed by atoms with E-state index in [9.17, 15) is 9.18 Å². The van der Waals surface area contributed by atoms with Gasteiger partial charge in [-0.2, -0.15) is 0 Å². The van der Waals surface area contributed by atoms with Crippen molar-refractivity contribution in [3.05, 3.63) is 53.3 Å². The number of ether oxygens (including phenoxy) is 1. The number of hydrogen-bond acceptors (Lipinski definition) is 2. The Labute approximate surface area is 146 Å². The largest absolute Gasteiger partial charge is 0.494 e. The first kappa shape index (κ1) is 17.3. The fraction of sp³-hybridized carbons (Fsp3) is 0.350. The lowest BCUT2D eigenvalue weighted by molar-refractivity contribution is 0.175. The van der Waals surface area contributed by atoms with Gasteiger partial charge < -0.3 is 15.2 Å². The summed E-state index contributed by atoms with van der Waals surface area (Å²) in [6.45, 7) is 6.47. The van der Waals surface area contributed by atoms with Gasteiger partial charge in [-0.05, 0) is 59.7 Å². The molecule has 0 radical (unpaired) electrons. The molecular weight excluding hydrogens is 321 g/mol. The highest BCUT2D eigenvalue weighted by molar-refractivity contribution is 5.69. The van der Waals surface area contributed by atoms with Crippen LogP contribution in [0.5, 0.6) is 5.75 Å². The summed E-state index contributed by atoms with van der Waals surface area (Å²) in [4.78, 5) is 11.1. The second-order valence-electron chi connectivity index (χ2n) is 7.04. The van der Waals surface area contributed by atoms with Crippen molar-refractivity contribution in [2.45, 2.75) is 33.2 Å². The van der Waals surface area contributed by atoms with E-state index in [4.69, 9.17) is 9.84 Å². The van der Waals surface area contributed by atoms with Gasteiger partial charge in [0.15, 0.2) is 0 Å². The van der Waals surface area contributed by atoms with Gasteiger partial charge in [-0.1, -0.05) is 26.0 Å². The first-order valence-corrected chi connectivity index (χ1v) is 8.37. The molecule has 2 aromatic rings. The van der Waals surface area contributed by atoms with Crippen LogP contribution in [0.1, 0.15) is 37.9 Å². The molecule has 0 aliphatic heterocycles. The molecule has 0 heterocycles. The van der Waals surface area contributed by atoms with Crippen molar-refractivity contribution in [1.29, 1.82) is 0 Å². The van der Waals surface area contributed by atoms with Crippen molar-refractivity contribution < 1.29 is 19.0 Å². The molecule has 0 spiro atoms. The Morgan fingerprint density at radius 2 is 2.00 bits per heavy atom. The molecule has 0 aromatic heterocycles. The number of benzene rings is 2. The molecule has 0 fully saturated rings. The molecule has 5 heteroatoms. The topological polar surface area (TPSA) is 58.6 Å². The van der Waals surface area contributed by atoms with E-state index < -0.39 is 12.1 Å². The van der Waals surface area contributed by atoms with Crippen LogP contribution in [0, 0.1) is 11.2 Å². The zero-order chi connectivity index (χ0) is 18.2. The van der Waals surface area contributed by atoms with E-state index in [1.165, 1.54) is 6.07 Å². The van der Waals surface area contributed by atoms with Crippen molar-refractivity contribution in [3.8, 4) is 16.9 Å². The highest BCUT2D eigenvalue weighted by atomic mass is 19.1. The zero-order valence-corrected chi connectivity index (χ0v) is 14.6. The van der Waals surface area contributed by atoms with E-state index in [1.807, 2.05) is 51.1 Å². The van der Waals surface area contributed by atoms with Crippen molar-refractivity contribution >= 4 is 6.09 Å². The van der Waals surface area contributed by atoms with Crippen LogP contribution in [-0.4, -0.2) is 17.8 Å². The predicted octanol–water partition coefficient (Wildman–Crippen LogP) is 4.78. The van der Waals surface area contributed by atoms with Crippen molar-refractivity contribution in [2.24, 2.45) is 5.41 Å². The molecule has 0 saturated heterocycles. The number of hydrogen-bond donors (Lipinski definition) is 2. The molecule has 4 nitrogen and oxygen atoms in total. The van der Waals surface area contributed by atoms with Crippen molar-refractivity contribution in [3.63, 3.8) is 0 Å². The lowest BCUT2D eigenvalue weighted by atomic mass is 9.85. The molecule has 2 aromatic carbocycles. The van der Waals surface area contributed by atoms with Gasteiger partial charge in [-0.25, -0.2) is 9.18 Å². The summed E-state index contributed by atoms with van der Waals surface area (Å²) in [5, 5.41) is 11.6. The van der Waals surface area contributed by atoms with Crippen molar-refractivity contribution in [2.75, 3.05) is 6.61 Å². The van der Waals surface area contributed by atoms with Gasteiger partial charge in [0.05, 0.1) is 12.6 Å². The second kappa shape index (κ2) is 6.39. The Bertz CT molecular complexity index is 799. The summed E-state index contributed by atoms with van der Waals surface area (Å²) in [6.07, 6.45) is -0.403. The number of amides is 1. The summed E-state index contributed by atoms with van der Waals surface area (Å²) in [5.74, 6) is 0.400. The van der Waals surface area contributed by atoms with Gasteiger partial charge >= 0.3 is 6.09 Å². The molecular formula is C20H22FNO3. The molecule has 0 bridgehead atoms. The molecule has 2 N–H and O–H groups in total. The summed E-state index contributed by atoms with van der Waals surface area (Å²) < 4.78 is 20.2. The first-order chi connectivity index (χ1) is 11.8. The lowest BCUT2D eigenvalue weighted by Gasteiger charge is -2.27. The first-order valence-electron chi connectivity index (χ1n) is 8.37. The minimum Gasteiger partial charge on any atom is -0.494 e. The van der Waals surface area contributed by atoms with Crippen LogP contribution < -0.4 is 10.1 Å². The normalized spacial score (nSPS) is 17.8. The van der Waals surface area contributed by atoms with Gasteiger partial charge in [0.2, 0.25) is 0 Å². The summed E-state index contributed by atoms with van der Waals surface area (Å²) >= 11 is 0. The predicted molar refractivity (Wildman–Crippen MR) is 94.4 cm³/mol. The fourth-order valence-corrected chi connectivity index (χ4v) is 3.58. The van der Waals surface area contributed by atoms with Gasteiger partial charge in [0.25, 0.3) is 0 Å². The van der Waals surface area contributed by atoms with Gasteiger partial charge in [-0.15, -0.1) is 0 Å². The summed E-state index contributed by atoms with van der Waals surface area (Å²) in [7, 11) is 0. The van der Waals surface area contributed by atoms with Gasteiger partial charge in [0.1, 0.15) is 11.6 Å². The Morgan fingerprint density at radius 3 is 2.60 bits per heavy atom. The maximum atomic E-state index is 14.7. The highest BCUT2D eigenvalue weighted by Crippen LogP contribution is 2.46. The van der Waals surface area contributed by atoms with Crippen LogP contribution in [-0.2, 0) is 6.42 Å². The number of rotatable bonds is 4. The maximum absolute atomic E-state index is 14.7. The molecule has 0 unspecified atom stereocenters. The Balaban J connectivity index is 1.99. The minimum atomic E-state index is -1.10. The van der Waals surface area contributed by atoms with Gasteiger partial charge in [0, 0.05) is 5.56 Å². The molecule has 1 aliphatic rings. The SMILES string of the molecule is CCOc1ccc(-c2cc3c(cc2F)[C@H](NC(=O)O)C(C)(C)C3)cc1. The quantitative estimate of drug-likeness (QED) is 0.840. The lowest BCUT2D eigenvalue weighted by Crippen LogP contribution is -2.34. The van der Waals surface area contributed by atoms with Crippen LogP contribution in [0.3, 0.4) is 0 Å². The Kier molecular flexibility index (Phi) is 4.41. The molecule has 1 aliphatic carbocycles. The average Bonchev–Trinajstić information content (AvgIpc) is 2.78. The highest BCUT2D eigenvalue weighted by Gasteiger charge is 2.40. The van der Waals surface area contributed by atoms with E-state index in [-0.39, 0.29) is 11.2 Å². The smallest absolute Gasteiger partial charge is 0.405 e. The van der Waals surface area contributed by atoms with Crippen LogP contribution >= 0.6 is 0 Å². The van der Waals surface area contributed by atoms with E-state index in [0.717, 1.165) is 22.4 Å². The molecule has 0 saturated carbocycles. The standard InChI is InChI=1S/C20H22FNO3/c1-4-25-14-7-5-12(6-8-14)15-9-13-11-20(2,3)18(22-19(23)24)16(13)10-17(15)21/h5-10,18,22H,4,11H2,1-3H3,(H,23,24)/t18-/m0/s1.